The maximum atomic E-state index is 12.0. The molecular weight excluding hydrogens is 340 g/mol. The molecule has 0 fully saturated rings. The first-order valence-electron chi connectivity index (χ1n) is 10.1. The first kappa shape index (κ1) is 23.0. The summed E-state index contributed by atoms with van der Waals surface area (Å²) >= 11 is 0. The van der Waals surface area contributed by atoms with Gasteiger partial charge in [0.2, 0.25) is 5.91 Å². The first-order chi connectivity index (χ1) is 13.1. The molecule has 0 heterocycles. The highest BCUT2D eigenvalue weighted by atomic mass is 16.5. The Morgan fingerprint density at radius 1 is 1.15 bits per heavy atom. The fraction of sp³-hybridized carbons (Fsp3) is 0.619. The third-order valence-electron chi connectivity index (χ3n) is 4.30. The molecule has 1 amide bonds. The molecule has 6 nitrogen and oxygen atoms in total. The minimum absolute atomic E-state index is 0.0904. The molecule has 1 rings (SSSR count). The molecule has 0 saturated heterocycles. The highest BCUT2D eigenvalue weighted by molar-refractivity contribution is 5.81. The molecule has 0 radical (unpaired) electrons. The molecule has 1 aromatic rings. The van der Waals surface area contributed by atoms with E-state index in [4.69, 9.17) is 4.74 Å². The summed E-state index contributed by atoms with van der Waals surface area (Å²) in [6.45, 7) is 12.3. The van der Waals surface area contributed by atoms with Crippen molar-refractivity contribution in [1.82, 2.24) is 15.5 Å². The molecule has 1 atom stereocenters. The molecule has 0 aliphatic carbocycles. The van der Waals surface area contributed by atoms with Gasteiger partial charge in [0.1, 0.15) is 0 Å². The molecule has 0 aliphatic heterocycles. The van der Waals surface area contributed by atoms with Crippen LogP contribution in [0, 0.1) is 0 Å². The molecule has 1 unspecified atom stereocenters. The maximum Gasteiger partial charge on any atom is 0.224 e. The van der Waals surface area contributed by atoms with Gasteiger partial charge in [-0.3, -0.25) is 9.79 Å². The fourth-order valence-corrected chi connectivity index (χ4v) is 2.70. The van der Waals surface area contributed by atoms with Crippen LogP contribution in [0.2, 0.25) is 0 Å². The number of rotatable bonds is 12. The van der Waals surface area contributed by atoms with Gasteiger partial charge in [-0.25, -0.2) is 0 Å². The van der Waals surface area contributed by atoms with Crippen molar-refractivity contribution < 1.29 is 9.53 Å². The molecule has 27 heavy (non-hydrogen) atoms. The summed E-state index contributed by atoms with van der Waals surface area (Å²) in [7, 11) is 0. The lowest BCUT2D eigenvalue weighted by Gasteiger charge is -2.19. The smallest absolute Gasteiger partial charge is 0.224 e. The largest absolute Gasteiger partial charge is 0.374 e. The van der Waals surface area contributed by atoms with E-state index in [-0.39, 0.29) is 12.0 Å². The minimum Gasteiger partial charge on any atom is -0.374 e. The number of carbonyl (C=O) groups is 1. The number of carbonyl (C=O) groups excluding carboxylic acids is 1. The Balaban J connectivity index is 2.29. The quantitative estimate of drug-likeness (QED) is 0.334. The average molecular weight is 377 g/mol. The summed E-state index contributed by atoms with van der Waals surface area (Å²) in [6, 6.07) is 10.2. The zero-order valence-corrected chi connectivity index (χ0v) is 17.3. The second kappa shape index (κ2) is 14.0. The number of nitrogens with one attached hydrogen (secondary N) is 2. The third kappa shape index (κ3) is 9.43. The first-order valence-corrected chi connectivity index (χ1v) is 10.1. The van der Waals surface area contributed by atoms with Gasteiger partial charge in [0.05, 0.1) is 6.10 Å². The van der Waals surface area contributed by atoms with Gasteiger partial charge < -0.3 is 20.3 Å². The van der Waals surface area contributed by atoms with Crippen LogP contribution in [0.4, 0.5) is 0 Å². The standard InChI is InChI=1S/C21H36N4O2/c1-5-22-21(24-16-14-20(26)25(6-2)7-3)23-15-11-17-27-18(4)19-12-9-8-10-13-19/h8-10,12-13,18H,5-7,11,14-17H2,1-4H3,(H2,22,23,24). The lowest BCUT2D eigenvalue weighted by atomic mass is 10.1. The van der Waals surface area contributed by atoms with E-state index in [1.807, 2.05) is 43.9 Å². The topological polar surface area (TPSA) is 66.0 Å². The summed E-state index contributed by atoms with van der Waals surface area (Å²) in [5, 5.41) is 6.44. The predicted octanol–water partition coefficient (Wildman–Crippen LogP) is 2.97. The van der Waals surface area contributed by atoms with Gasteiger partial charge in [-0.15, -0.1) is 0 Å². The highest BCUT2D eigenvalue weighted by Gasteiger charge is 2.09. The summed E-state index contributed by atoms with van der Waals surface area (Å²) < 4.78 is 5.87. The van der Waals surface area contributed by atoms with Gasteiger partial charge in [-0.2, -0.15) is 0 Å². The Kier molecular flexibility index (Phi) is 11.9. The van der Waals surface area contributed by atoms with Gasteiger partial charge in [0, 0.05) is 45.8 Å². The Morgan fingerprint density at radius 2 is 1.85 bits per heavy atom. The Bertz CT molecular complexity index is 544. The van der Waals surface area contributed by atoms with E-state index in [9.17, 15) is 4.79 Å². The Hall–Kier alpha value is -2.08. The molecule has 152 valence electrons. The van der Waals surface area contributed by atoms with E-state index in [0.717, 1.165) is 32.0 Å². The van der Waals surface area contributed by atoms with Crippen molar-refractivity contribution in [3.8, 4) is 0 Å². The van der Waals surface area contributed by atoms with Gasteiger partial charge in [0.15, 0.2) is 5.96 Å². The molecule has 0 spiro atoms. The maximum absolute atomic E-state index is 12.0. The van der Waals surface area contributed by atoms with Crippen LogP contribution in [0.25, 0.3) is 0 Å². The number of nitrogens with zero attached hydrogens (tertiary/aromatic N) is 2. The molecule has 1 aromatic carbocycles. The van der Waals surface area contributed by atoms with Crippen molar-refractivity contribution in [1.29, 1.82) is 0 Å². The van der Waals surface area contributed by atoms with Crippen LogP contribution >= 0.6 is 0 Å². The van der Waals surface area contributed by atoms with Crippen molar-refractivity contribution in [2.75, 3.05) is 39.3 Å². The lowest BCUT2D eigenvalue weighted by Crippen LogP contribution is -2.40. The van der Waals surface area contributed by atoms with Crippen molar-refractivity contribution >= 4 is 11.9 Å². The number of amides is 1. The molecule has 0 saturated carbocycles. The van der Waals surface area contributed by atoms with E-state index in [0.29, 0.717) is 26.1 Å². The van der Waals surface area contributed by atoms with Crippen LogP contribution in [-0.4, -0.2) is 56.1 Å². The Labute approximate surface area is 164 Å². The van der Waals surface area contributed by atoms with Gasteiger partial charge >= 0.3 is 0 Å². The second-order valence-electron chi connectivity index (χ2n) is 6.28. The summed E-state index contributed by atoms with van der Waals surface area (Å²) in [5.41, 5.74) is 1.19. The van der Waals surface area contributed by atoms with Crippen LogP contribution in [0.5, 0.6) is 0 Å². The molecular formula is C21H36N4O2. The minimum atomic E-state index is 0.0904. The zero-order valence-electron chi connectivity index (χ0n) is 17.3. The van der Waals surface area contributed by atoms with Crippen LogP contribution in [0.15, 0.2) is 35.3 Å². The number of ether oxygens (including phenoxy) is 1. The van der Waals surface area contributed by atoms with Crippen molar-refractivity contribution in [2.45, 2.75) is 46.6 Å². The van der Waals surface area contributed by atoms with Crippen molar-refractivity contribution in [3.63, 3.8) is 0 Å². The van der Waals surface area contributed by atoms with E-state index in [1.54, 1.807) is 0 Å². The average Bonchev–Trinajstić information content (AvgIpc) is 2.69. The van der Waals surface area contributed by atoms with E-state index in [2.05, 4.69) is 34.7 Å². The van der Waals surface area contributed by atoms with Crippen LogP contribution in [0.1, 0.15) is 52.2 Å². The van der Waals surface area contributed by atoms with Crippen molar-refractivity contribution in [2.24, 2.45) is 4.99 Å². The fourth-order valence-electron chi connectivity index (χ4n) is 2.70. The third-order valence-corrected chi connectivity index (χ3v) is 4.30. The highest BCUT2D eigenvalue weighted by Crippen LogP contribution is 2.15. The number of guanidine groups is 1. The summed E-state index contributed by atoms with van der Waals surface area (Å²) in [4.78, 5) is 18.4. The monoisotopic (exact) mass is 376 g/mol. The normalized spacial score (nSPS) is 12.5. The van der Waals surface area contributed by atoms with Crippen molar-refractivity contribution in [3.05, 3.63) is 35.9 Å². The van der Waals surface area contributed by atoms with Crippen LogP contribution < -0.4 is 10.6 Å². The molecule has 0 aromatic heterocycles. The van der Waals surface area contributed by atoms with Gasteiger partial charge in [0.25, 0.3) is 0 Å². The van der Waals surface area contributed by atoms with Crippen LogP contribution in [-0.2, 0) is 9.53 Å². The van der Waals surface area contributed by atoms with Gasteiger partial charge in [-0.05, 0) is 39.7 Å². The number of hydrogen-bond donors (Lipinski definition) is 2. The number of benzene rings is 1. The number of hydrogen-bond acceptors (Lipinski definition) is 3. The summed E-state index contributed by atoms with van der Waals surface area (Å²) in [5.74, 6) is 0.924. The Morgan fingerprint density at radius 3 is 2.48 bits per heavy atom. The molecule has 0 bridgehead atoms. The predicted molar refractivity (Wildman–Crippen MR) is 112 cm³/mol. The van der Waals surface area contributed by atoms with Gasteiger partial charge in [-0.1, -0.05) is 30.3 Å². The number of aliphatic imine (C=N–C) groups is 1. The second-order valence-corrected chi connectivity index (χ2v) is 6.28. The zero-order chi connectivity index (χ0) is 19.9. The SMILES string of the molecule is CCNC(=NCCCOC(C)c1ccccc1)NCCC(=O)N(CC)CC. The molecule has 0 aliphatic rings. The molecule has 6 heteroatoms. The van der Waals surface area contributed by atoms with Crippen LogP contribution in [0.3, 0.4) is 0 Å². The lowest BCUT2D eigenvalue weighted by molar-refractivity contribution is -0.130. The van der Waals surface area contributed by atoms with E-state index in [1.165, 1.54) is 5.56 Å². The molecule has 2 N–H and O–H groups in total. The van der Waals surface area contributed by atoms with E-state index >= 15 is 0 Å². The summed E-state index contributed by atoms with van der Waals surface area (Å²) in [6.07, 6.45) is 1.42. The van der Waals surface area contributed by atoms with E-state index < -0.39 is 0 Å².